The highest BCUT2D eigenvalue weighted by Gasteiger charge is 2.51. The van der Waals surface area contributed by atoms with Crippen LogP contribution in [0.15, 0.2) is 24.5 Å². The SMILES string of the molecule is COc1cc(Cl)ccc1C(=O)N1CC(c2nncn2CC2CC2)C2(CCOCC2)C1. The molecule has 7 nitrogen and oxygen atoms in total. The van der Waals surface area contributed by atoms with Crippen LogP contribution in [-0.2, 0) is 11.3 Å². The van der Waals surface area contributed by atoms with E-state index in [1.54, 1.807) is 25.3 Å². The average molecular weight is 431 g/mol. The van der Waals surface area contributed by atoms with Crippen LogP contribution in [0.1, 0.15) is 47.8 Å². The number of nitrogens with zero attached hydrogens (tertiary/aromatic N) is 4. The second-order valence-electron chi connectivity index (χ2n) is 8.84. The van der Waals surface area contributed by atoms with Crippen molar-refractivity contribution in [1.82, 2.24) is 19.7 Å². The van der Waals surface area contributed by atoms with E-state index in [0.29, 0.717) is 29.4 Å². The zero-order chi connectivity index (χ0) is 20.7. The van der Waals surface area contributed by atoms with Crippen molar-refractivity contribution in [2.45, 2.75) is 38.1 Å². The average Bonchev–Trinajstić information content (AvgIpc) is 3.35. The molecule has 1 aliphatic carbocycles. The molecule has 5 rings (SSSR count). The summed E-state index contributed by atoms with van der Waals surface area (Å²) in [5.41, 5.74) is 0.520. The molecule has 3 heterocycles. The van der Waals surface area contributed by atoms with E-state index >= 15 is 0 Å². The Balaban J connectivity index is 1.46. The van der Waals surface area contributed by atoms with E-state index in [2.05, 4.69) is 14.8 Å². The molecule has 2 aliphatic heterocycles. The van der Waals surface area contributed by atoms with Crippen LogP contribution in [0.3, 0.4) is 0 Å². The van der Waals surface area contributed by atoms with Crippen LogP contribution in [0.2, 0.25) is 5.02 Å². The third-order valence-electron chi connectivity index (χ3n) is 6.93. The number of carbonyl (C=O) groups is 1. The lowest BCUT2D eigenvalue weighted by Crippen LogP contribution is -2.38. The molecule has 1 aromatic heterocycles. The topological polar surface area (TPSA) is 69.5 Å². The van der Waals surface area contributed by atoms with Crippen LogP contribution in [0.25, 0.3) is 0 Å². The number of hydrogen-bond acceptors (Lipinski definition) is 5. The summed E-state index contributed by atoms with van der Waals surface area (Å²) in [6.45, 7) is 3.75. The summed E-state index contributed by atoms with van der Waals surface area (Å²) in [4.78, 5) is 15.4. The fourth-order valence-corrected chi connectivity index (χ4v) is 5.19. The van der Waals surface area contributed by atoms with E-state index < -0.39 is 0 Å². The van der Waals surface area contributed by atoms with Gasteiger partial charge in [-0.3, -0.25) is 4.79 Å². The molecule has 1 unspecified atom stereocenters. The van der Waals surface area contributed by atoms with Gasteiger partial charge in [0.05, 0.1) is 12.7 Å². The van der Waals surface area contributed by atoms with Gasteiger partial charge in [0.2, 0.25) is 0 Å². The summed E-state index contributed by atoms with van der Waals surface area (Å²) in [6, 6.07) is 5.18. The number of amides is 1. The molecule has 0 N–H and O–H groups in total. The van der Waals surface area contributed by atoms with Gasteiger partial charge < -0.3 is 18.9 Å². The molecule has 8 heteroatoms. The number of benzene rings is 1. The number of aromatic nitrogens is 3. The summed E-state index contributed by atoms with van der Waals surface area (Å²) < 4.78 is 13.3. The van der Waals surface area contributed by atoms with Gasteiger partial charge in [0.1, 0.15) is 17.9 Å². The molecule has 2 saturated heterocycles. The Kier molecular flexibility index (Phi) is 5.19. The standard InChI is InChI=1S/C22H27ClN4O3/c1-29-19-10-16(23)4-5-17(19)21(28)26-12-18(22(13-26)6-8-30-9-7-22)20-25-24-14-27(20)11-15-2-3-15/h4-5,10,14-15,18H,2-3,6-9,11-13H2,1H3. The van der Waals surface area contributed by atoms with Crippen LogP contribution < -0.4 is 4.74 Å². The lowest BCUT2D eigenvalue weighted by Gasteiger charge is -2.37. The lowest BCUT2D eigenvalue weighted by atomic mass is 9.71. The summed E-state index contributed by atoms with van der Waals surface area (Å²) in [5.74, 6) is 2.40. The van der Waals surface area contributed by atoms with Crippen LogP contribution in [0, 0.1) is 11.3 Å². The minimum atomic E-state index is -0.0259. The molecule has 2 aromatic rings. The fraction of sp³-hybridized carbons (Fsp3) is 0.591. The van der Waals surface area contributed by atoms with E-state index in [-0.39, 0.29) is 17.2 Å². The van der Waals surface area contributed by atoms with E-state index in [9.17, 15) is 4.79 Å². The molecule has 1 atom stereocenters. The molecule has 1 aromatic carbocycles. The van der Waals surface area contributed by atoms with Gasteiger partial charge in [0, 0.05) is 49.2 Å². The van der Waals surface area contributed by atoms with Crippen molar-refractivity contribution in [3.05, 3.63) is 40.9 Å². The Labute approximate surface area is 181 Å². The second kappa shape index (κ2) is 7.85. The Bertz CT molecular complexity index is 936. The highest BCUT2D eigenvalue weighted by molar-refractivity contribution is 6.30. The van der Waals surface area contributed by atoms with Gasteiger partial charge in [0.15, 0.2) is 0 Å². The van der Waals surface area contributed by atoms with Crippen molar-refractivity contribution >= 4 is 17.5 Å². The molecule has 1 saturated carbocycles. The third kappa shape index (κ3) is 3.58. The highest BCUT2D eigenvalue weighted by Crippen LogP contribution is 2.49. The molecular weight excluding hydrogens is 404 g/mol. The molecule has 1 spiro atoms. The first kappa shape index (κ1) is 19.8. The van der Waals surface area contributed by atoms with E-state index in [1.807, 2.05) is 11.2 Å². The molecule has 30 heavy (non-hydrogen) atoms. The van der Waals surface area contributed by atoms with E-state index in [4.69, 9.17) is 21.1 Å². The molecule has 3 fully saturated rings. The van der Waals surface area contributed by atoms with Gasteiger partial charge in [-0.25, -0.2) is 0 Å². The van der Waals surface area contributed by atoms with Crippen molar-refractivity contribution in [1.29, 1.82) is 0 Å². The van der Waals surface area contributed by atoms with Crippen LogP contribution in [0.4, 0.5) is 0 Å². The van der Waals surface area contributed by atoms with Crippen molar-refractivity contribution in [2.24, 2.45) is 11.3 Å². The molecule has 160 valence electrons. The second-order valence-corrected chi connectivity index (χ2v) is 9.28. The lowest BCUT2D eigenvalue weighted by molar-refractivity contribution is 0.0107. The maximum Gasteiger partial charge on any atom is 0.257 e. The summed E-state index contributed by atoms with van der Waals surface area (Å²) in [6.07, 6.45) is 6.27. The Hall–Kier alpha value is -2.12. The smallest absolute Gasteiger partial charge is 0.257 e. The predicted molar refractivity (Wildman–Crippen MR) is 112 cm³/mol. The Morgan fingerprint density at radius 2 is 2.13 bits per heavy atom. The minimum Gasteiger partial charge on any atom is -0.496 e. The van der Waals surface area contributed by atoms with Gasteiger partial charge in [-0.15, -0.1) is 10.2 Å². The van der Waals surface area contributed by atoms with Crippen LogP contribution in [-0.4, -0.2) is 59.0 Å². The summed E-state index contributed by atoms with van der Waals surface area (Å²) in [7, 11) is 1.57. The first-order valence-electron chi connectivity index (χ1n) is 10.7. The minimum absolute atomic E-state index is 0.0230. The summed E-state index contributed by atoms with van der Waals surface area (Å²) >= 11 is 6.09. The Morgan fingerprint density at radius 1 is 1.33 bits per heavy atom. The molecule has 0 bridgehead atoms. The molecular formula is C22H27ClN4O3. The molecule has 1 amide bonds. The van der Waals surface area contributed by atoms with Crippen molar-refractivity contribution in [3.63, 3.8) is 0 Å². The maximum atomic E-state index is 13.5. The monoisotopic (exact) mass is 430 g/mol. The quantitative estimate of drug-likeness (QED) is 0.727. The zero-order valence-electron chi connectivity index (χ0n) is 17.2. The number of halogens is 1. The fourth-order valence-electron chi connectivity index (χ4n) is 5.03. The van der Waals surface area contributed by atoms with Gasteiger partial charge in [0.25, 0.3) is 5.91 Å². The normalized spacial score (nSPS) is 23.1. The number of rotatable bonds is 5. The van der Waals surface area contributed by atoms with Crippen molar-refractivity contribution in [3.8, 4) is 5.75 Å². The van der Waals surface area contributed by atoms with Crippen molar-refractivity contribution in [2.75, 3.05) is 33.4 Å². The number of ether oxygens (including phenoxy) is 2. The van der Waals surface area contributed by atoms with Gasteiger partial charge in [-0.05, 0) is 49.8 Å². The Morgan fingerprint density at radius 3 is 2.87 bits per heavy atom. The maximum absolute atomic E-state index is 13.5. The van der Waals surface area contributed by atoms with Gasteiger partial charge >= 0.3 is 0 Å². The van der Waals surface area contributed by atoms with Gasteiger partial charge in [-0.2, -0.15) is 0 Å². The number of likely N-dealkylation sites (tertiary alicyclic amines) is 1. The number of methoxy groups -OCH3 is 1. The molecule has 0 radical (unpaired) electrons. The van der Waals surface area contributed by atoms with Crippen LogP contribution in [0.5, 0.6) is 5.75 Å². The number of carbonyl (C=O) groups excluding carboxylic acids is 1. The van der Waals surface area contributed by atoms with Gasteiger partial charge in [-0.1, -0.05) is 11.6 Å². The summed E-state index contributed by atoms with van der Waals surface area (Å²) in [5, 5.41) is 9.32. The van der Waals surface area contributed by atoms with E-state index in [0.717, 1.165) is 44.3 Å². The van der Waals surface area contributed by atoms with Crippen molar-refractivity contribution < 1.29 is 14.3 Å². The predicted octanol–water partition coefficient (Wildman–Crippen LogP) is 3.39. The highest BCUT2D eigenvalue weighted by atomic mass is 35.5. The first-order chi connectivity index (χ1) is 14.6. The largest absolute Gasteiger partial charge is 0.496 e. The number of hydrogen-bond donors (Lipinski definition) is 0. The van der Waals surface area contributed by atoms with E-state index in [1.165, 1.54) is 12.8 Å². The third-order valence-corrected chi connectivity index (χ3v) is 7.16. The molecule has 3 aliphatic rings. The first-order valence-corrected chi connectivity index (χ1v) is 11.1. The zero-order valence-corrected chi connectivity index (χ0v) is 18.0. The van der Waals surface area contributed by atoms with Crippen LogP contribution >= 0.6 is 11.6 Å².